The minimum Gasteiger partial charge on any atom is -0.453 e. The van der Waals surface area contributed by atoms with Gasteiger partial charge in [0.1, 0.15) is 0 Å². The summed E-state index contributed by atoms with van der Waals surface area (Å²) in [6.07, 6.45) is 4.56. The standard InChI is InChI=1S/C11H20N2O2/c1-15-10(14)13-6-2-9(3-7-13)11(8-12)4-5-11/h9H,2-8,12H2,1H3. The minimum absolute atomic E-state index is 0.189. The Hall–Kier alpha value is -0.770. The van der Waals surface area contributed by atoms with E-state index in [0.717, 1.165) is 38.4 Å². The van der Waals surface area contributed by atoms with Crippen molar-refractivity contribution in [3.8, 4) is 0 Å². The van der Waals surface area contributed by atoms with Crippen molar-refractivity contribution in [2.75, 3.05) is 26.7 Å². The zero-order valence-electron chi connectivity index (χ0n) is 9.37. The maximum Gasteiger partial charge on any atom is 0.409 e. The lowest BCUT2D eigenvalue weighted by Gasteiger charge is -2.35. The monoisotopic (exact) mass is 212 g/mol. The molecule has 2 aliphatic rings. The summed E-state index contributed by atoms with van der Waals surface area (Å²) in [5, 5.41) is 0. The Morgan fingerprint density at radius 2 is 2.07 bits per heavy atom. The van der Waals surface area contributed by atoms with Gasteiger partial charge < -0.3 is 15.4 Å². The molecular weight excluding hydrogens is 192 g/mol. The first kappa shape index (κ1) is 10.7. The van der Waals surface area contributed by atoms with E-state index in [0.29, 0.717) is 5.41 Å². The summed E-state index contributed by atoms with van der Waals surface area (Å²) in [5.74, 6) is 0.725. The van der Waals surface area contributed by atoms with Crippen LogP contribution in [0.4, 0.5) is 4.79 Å². The second-order valence-corrected chi connectivity index (χ2v) is 4.80. The number of amides is 1. The lowest BCUT2D eigenvalue weighted by molar-refractivity contribution is 0.0938. The first-order chi connectivity index (χ1) is 7.22. The maximum atomic E-state index is 11.3. The van der Waals surface area contributed by atoms with Crippen LogP contribution in [0.2, 0.25) is 0 Å². The maximum absolute atomic E-state index is 11.3. The molecular formula is C11H20N2O2. The van der Waals surface area contributed by atoms with E-state index in [9.17, 15) is 4.79 Å². The van der Waals surface area contributed by atoms with Crippen LogP contribution in [0.25, 0.3) is 0 Å². The quantitative estimate of drug-likeness (QED) is 0.748. The van der Waals surface area contributed by atoms with Gasteiger partial charge in [0.2, 0.25) is 0 Å². The average molecular weight is 212 g/mol. The van der Waals surface area contributed by atoms with Gasteiger partial charge in [-0.3, -0.25) is 0 Å². The Morgan fingerprint density at radius 1 is 1.47 bits per heavy atom. The lowest BCUT2D eigenvalue weighted by Crippen LogP contribution is -2.41. The van der Waals surface area contributed by atoms with E-state index in [2.05, 4.69) is 0 Å². The molecule has 86 valence electrons. The van der Waals surface area contributed by atoms with Gasteiger partial charge in [-0.25, -0.2) is 4.79 Å². The van der Waals surface area contributed by atoms with Crippen LogP contribution >= 0.6 is 0 Å². The van der Waals surface area contributed by atoms with Gasteiger partial charge in [-0.05, 0) is 43.6 Å². The molecule has 2 N–H and O–H groups in total. The first-order valence-electron chi connectivity index (χ1n) is 5.75. The van der Waals surface area contributed by atoms with Gasteiger partial charge in [-0.1, -0.05) is 0 Å². The van der Waals surface area contributed by atoms with E-state index in [1.165, 1.54) is 20.0 Å². The molecule has 1 amide bonds. The number of hydrogen-bond acceptors (Lipinski definition) is 3. The minimum atomic E-state index is -0.189. The van der Waals surface area contributed by atoms with Crippen LogP contribution in [0.1, 0.15) is 25.7 Å². The van der Waals surface area contributed by atoms with Crippen LogP contribution in [0.15, 0.2) is 0 Å². The van der Waals surface area contributed by atoms with E-state index >= 15 is 0 Å². The summed E-state index contributed by atoms with van der Waals surface area (Å²) in [5.41, 5.74) is 6.25. The normalized spacial score (nSPS) is 25.1. The summed E-state index contributed by atoms with van der Waals surface area (Å²) in [6, 6.07) is 0. The molecule has 2 fully saturated rings. The summed E-state index contributed by atoms with van der Waals surface area (Å²) < 4.78 is 4.71. The fourth-order valence-electron chi connectivity index (χ4n) is 2.74. The third kappa shape index (κ3) is 1.95. The highest BCUT2D eigenvalue weighted by Gasteiger charge is 2.48. The number of piperidine rings is 1. The molecule has 2 rings (SSSR count). The molecule has 1 aliphatic heterocycles. The van der Waals surface area contributed by atoms with Crippen molar-refractivity contribution >= 4 is 6.09 Å². The molecule has 0 bridgehead atoms. The van der Waals surface area contributed by atoms with Crippen molar-refractivity contribution in [3.63, 3.8) is 0 Å². The fraction of sp³-hybridized carbons (Fsp3) is 0.909. The molecule has 0 unspecified atom stereocenters. The van der Waals surface area contributed by atoms with Gasteiger partial charge in [0, 0.05) is 13.1 Å². The molecule has 0 atom stereocenters. The summed E-state index contributed by atoms with van der Waals surface area (Å²) in [4.78, 5) is 13.1. The smallest absolute Gasteiger partial charge is 0.409 e. The van der Waals surface area contributed by atoms with Crippen LogP contribution < -0.4 is 5.73 Å². The number of methoxy groups -OCH3 is 1. The molecule has 1 heterocycles. The highest BCUT2D eigenvalue weighted by atomic mass is 16.5. The summed E-state index contributed by atoms with van der Waals surface area (Å²) in [6.45, 7) is 2.48. The van der Waals surface area contributed by atoms with Gasteiger partial charge in [-0.2, -0.15) is 0 Å². The zero-order chi connectivity index (χ0) is 10.9. The van der Waals surface area contributed by atoms with E-state index < -0.39 is 0 Å². The number of rotatable bonds is 2. The second kappa shape index (κ2) is 4.00. The topological polar surface area (TPSA) is 55.6 Å². The van der Waals surface area contributed by atoms with Gasteiger partial charge in [0.15, 0.2) is 0 Å². The van der Waals surface area contributed by atoms with Crippen LogP contribution in [0, 0.1) is 11.3 Å². The molecule has 0 radical (unpaired) electrons. The van der Waals surface area contributed by atoms with Crippen LogP contribution in [0.5, 0.6) is 0 Å². The number of carbonyl (C=O) groups is 1. The molecule has 0 aromatic heterocycles. The van der Waals surface area contributed by atoms with Crippen molar-refractivity contribution in [3.05, 3.63) is 0 Å². The highest BCUT2D eigenvalue weighted by Crippen LogP contribution is 2.54. The fourth-order valence-corrected chi connectivity index (χ4v) is 2.74. The predicted molar refractivity (Wildman–Crippen MR) is 57.4 cm³/mol. The molecule has 1 aliphatic carbocycles. The Morgan fingerprint density at radius 3 is 2.47 bits per heavy atom. The van der Waals surface area contributed by atoms with Crippen molar-refractivity contribution < 1.29 is 9.53 Å². The van der Waals surface area contributed by atoms with Gasteiger partial charge in [-0.15, -0.1) is 0 Å². The SMILES string of the molecule is COC(=O)N1CCC(C2(CN)CC2)CC1. The van der Waals surface area contributed by atoms with E-state index in [1.807, 2.05) is 0 Å². The van der Waals surface area contributed by atoms with Crippen LogP contribution in [-0.2, 0) is 4.74 Å². The number of nitrogens with zero attached hydrogens (tertiary/aromatic N) is 1. The summed E-state index contributed by atoms with van der Waals surface area (Å²) in [7, 11) is 1.44. The Labute approximate surface area is 90.8 Å². The molecule has 1 saturated carbocycles. The van der Waals surface area contributed by atoms with E-state index in [1.54, 1.807) is 4.90 Å². The highest BCUT2D eigenvalue weighted by molar-refractivity contribution is 5.67. The summed E-state index contributed by atoms with van der Waals surface area (Å²) >= 11 is 0. The van der Waals surface area contributed by atoms with Crippen LogP contribution in [0.3, 0.4) is 0 Å². The average Bonchev–Trinajstić information content (AvgIpc) is 3.09. The van der Waals surface area contributed by atoms with Gasteiger partial charge >= 0.3 is 6.09 Å². The second-order valence-electron chi connectivity index (χ2n) is 4.80. The number of ether oxygens (including phenoxy) is 1. The van der Waals surface area contributed by atoms with Crippen molar-refractivity contribution in [1.82, 2.24) is 4.90 Å². The van der Waals surface area contributed by atoms with Crippen LogP contribution in [-0.4, -0.2) is 37.7 Å². The number of likely N-dealkylation sites (tertiary alicyclic amines) is 1. The Kier molecular flexibility index (Phi) is 2.87. The third-order valence-corrected chi connectivity index (χ3v) is 4.09. The number of carbonyl (C=O) groups excluding carboxylic acids is 1. The molecule has 15 heavy (non-hydrogen) atoms. The molecule has 4 heteroatoms. The van der Waals surface area contributed by atoms with E-state index in [-0.39, 0.29) is 6.09 Å². The van der Waals surface area contributed by atoms with Crippen molar-refractivity contribution in [2.45, 2.75) is 25.7 Å². The molecule has 0 aromatic rings. The zero-order valence-corrected chi connectivity index (χ0v) is 9.37. The van der Waals surface area contributed by atoms with Gasteiger partial charge in [0.05, 0.1) is 7.11 Å². The molecule has 4 nitrogen and oxygen atoms in total. The lowest BCUT2D eigenvalue weighted by atomic mass is 9.81. The Bertz CT molecular complexity index is 243. The number of nitrogens with two attached hydrogens (primary N) is 1. The molecule has 0 aromatic carbocycles. The third-order valence-electron chi connectivity index (χ3n) is 4.09. The largest absolute Gasteiger partial charge is 0.453 e. The Balaban J connectivity index is 1.84. The van der Waals surface area contributed by atoms with Crippen molar-refractivity contribution in [1.29, 1.82) is 0 Å². The molecule has 1 saturated heterocycles. The molecule has 0 spiro atoms. The van der Waals surface area contributed by atoms with E-state index in [4.69, 9.17) is 10.5 Å². The number of hydrogen-bond donors (Lipinski definition) is 1. The van der Waals surface area contributed by atoms with Gasteiger partial charge in [0.25, 0.3) is 0 Å². The predicted octanol–water partition coefficient (Wildman–Crippen LogP) is 1.20. The first-order valence-corrected chi connectivity index (χ1v) is 5.75. The van der Waals surface area contributed by atoms with Crippen molar-refractivity contribution in [2.24, 2.45) is 17.1 Å².